The molecular formula is C10H16N5O12P3S. The quantitative estimate of drug-likeness (QED) is 0.193. The third-order valence-corrected chi connectivity index (χ3v) is 8.22. The van der Waals surface area contributed by atoms with E-state index in [0.29, 0.717) is 0 Å². The van der Waals surface area contributed by atoms with Crippen molar-refractivity contribution in [2.24, 2.45) is 0 Å². The zero-order valence-corrected chi connectivity index (χ0v) is 18.4. The third kappa shape index (κ3) is 5.90. The Hall–Kier alpha value is -0.940. The topological polar surface area (TPSA) is 262 Å². The van der Waals surface area contributed by atoms with Gasteiger partial charge in [-0.1, -0.05) is 0 Å². The number of aliphatic hydroxyl groups excluding tert-OH is 2. The summed E-state index contributed by atoms with van der Waals surface area (Å²) in [6.45, 7) is -5.61. The first kappa shape index (κ1) is 24.7. The molecule has 0 radical (unpaired) electrons. The van der Waals surface area contributed by atoms with E-state index < -0.39 is 53.5 Å². The number of phosphoric acid groups is 2. The molecule has 3 heterocycles. The maximum absolute atomic E-state index is 11.9. The van der Waals surface area contributed by atoms with Crippen molar-refractivity contribution in [1.82, 2.24) is 19.5 Å². The van der Waals surface area contributed by atoms with Gasteiger partial charge in [0, 0.05) is 0 Å². The predicted octanol–water partition coefficient (Wildman–Crippen LogP) is -1.51. The Bertz CT molecular complexity index is 1110. The molecule has 1 aliphatic heterocycles. The van der Waals surface area contributed by atoms with Crippen LogP contribution in [-0.4, -0.2) is 74.2 Å². The Kier molecular flexibility index (Phi) is 6.99. The maximum Gasteiger partial charge on any atom is 0.488 e. The standard InChI is InChI=1S/C10H16N5O12P3S/c11-8-5-9(13-2-12-8)15(3-14-5)10-7(17)6(16)4(25-10)1-24-28(18,19)26-29(20,21)27-30(22,23)31/h2-4,6-7,10,16-17H,1H2,(H,18,19)(H,20,21)(H2,11,12,13)(H2,22,23,31)/t4-,6-,7-,10-/m1/s1/i31+3. The van der Waals surface area contributed by atoms with Crippen LogP contribution in [0, 0.1) is 0 Å². The van der Waals surface area contributed by atoms with Crippen LogP contribution in [0.5, 0.6) is 0 Å². The number of aliphatic hydroxyl groups is 2. The van der Waals surface area contributed by atoms with Gasteiger partial charge in [0.05, 0.1) is 12.9 Å². The lowest BCUT2D eigenvalue weighted by Gasteiger charge is -2.19. The van der Waals surface area contributed by atoms with Gasteiger partial charge < -0.3 is 40.3 Å². The minimum absolute atomic E-state index is 0.0574. The monoisotopic (exact) mass is 526 g/mol. The summed E-state index contributed by atoms with van der Waals surface area (Å²) in [6.07, 6.45) is -3.53. The van der Waals surface area contributed by atoms with Crippen LogP contribution in [0.15, 0.2) is 12.7 Å². The summed E-state index contributed by atoms with van der Waals surface area (Å²) in [6, 6.07) is 0. The predicted molar refractivity (Wildman–Crippen MR) is 102 cm³/mol. The Morgan fingerprint density at radius 3 is 2.42 bits per heavy atom. The van der Waals surface area contributed by atoms with Gasteiger partial charge >= 0.3 is 22.4 Å². The zero-order chi connectivity index (χ0) is 23.2. The molecule has 0 spiro atoms. The first-order valence-electron chi connectivity index (χ1n) is 7.92. The molecular weight excluding hydrogens is 510 g/mol. The highest BCUT2D eigenvalue weighted by atomic mass is 35.1. The smallest absolute Gasteiger partial charge is 0.387 e. The Labute approximate surface area is 177 Å². The van der Waals surface area contributed by atoms with E-state index in [1.54, 1.807) is 0 Å². The summed E-state index contributed by atoms with van der Waals surface area (Å²) >= 11 is 3.97. The Morgan fingerprint density at radius 1 is 1.10 bits per heavy atom. The van der Waals surface area contributed by atoms with Gasteiger partial charge in [0.1, 0.15) is 30.2 Å². The highest BCUT2D eigenvalue weighted by Gasteiger charge is 2.46. The molecule has 8 N–H and O–H groups in total. The highest BCUT2D eigenvalue weighted by Crippen LogP contribution is 2.66. The average molecular weight is 526 g/mol. The zero-order valence-electron chi connectivity index (χ0n) is 14.9. The summed E-state index contributed by atoms with van der Waals surface area (Å²) < 4.78 is 42.1. The van der Waals surface area contributed by atoms with Crippen molar-refractivity contribution in [2.45, 2.75) is 24.5 Å². The molecule has 0 amide bonds. The number of ether oxygens (including phenoxy) is 1. The van der Waals surface area contributed by atoms with Gasteiger partial charge in [0.25, 0.3) is 0 Å². The fraction of sp³-hybridized carbons (Fsp3) is 0.500. The number of phosphoric ester groups is 1. The first-order chi connectivity index (χ1) is 14.2. The second-order valence-electron chi connectivity index (χ2n) is 6.02. The molecule has 174 valence electrons. The fourth-order valence-electron chi connectivity index (χ4n) is 2.62. The summed E-state index contributed by atoms with van der Waals surface area (Å²) in [4.78, 5) is 48.2. The number of nitrogens with zero attached hydrogens (tertiary/aromatic N) is 4. The van der Waals surface area contributed by atoms with E-state index in [1.165, 1.54) is 10.9 Å². The molecule has 1 aliphatic rings. The fourth-order valence-corrected chi connectivity index (χ4v) is 6.41. The molecule has 1 saturated heterocycles. The molecule has 3 rings (SSSR count). The molecule has 1 fully saturated rings. The molecule has 0 aliphatic carbocycles. The molecule has 6 atom stereocenters. The van der Waals surface area contributed by atoms with Crippen LogP contribution in [0.2, 0.25) is 0 Å². The van der Waals surface area contributed by atoms with Crippen molar-refractivity contribution >= 4 is 51.2 Å². The summed E-state index contributed by atoms with van der Waals surface area (Å²) in [5, 5.41) is 20.5. The summed E-state index contributed by atoms with van der Waals surface area (Å²) in [5.74, 6) is 0.0574. The van der Waals surface area contributed by atoms with E-state index in [9.17, 15) is 29.1 Å². The number of fused-ring (bicyclic) bond motifs is 1. The van der Waals surface area contributed by atoms with Crippen LogP contribution in [0.3, 0.4) is 0 Å². The molecule has 0 bridgehead atoms. The summed E-state index contributed by atoms with van der Waals surface area (Å²) in [7, 11) is -10.8. The second-order valence-corrected chi connectivity index (χ2v) is 11.9. The van der Waals surface area contributed by atoms with E-state index in [0.717, 1.165) is 6.33 Å². The van der Waals surface area contributed by atoms with Crippen molar-refractivity contribution < 1.29 is 56.8 Å². The summed E-state index contributed by atoms with van der Waals surface area (Å²) in [5.41, 5.74) is 6.05. The van der Waals surface area contributed by atoms with Crippen LogP contribution in [-0.2, 0) is 38.8 Å². The van der Waals surface area contributed by atoms with Gasteiger partial charge in [0.15, 0.2) is 17.7 Å². The molecule has 2 aromatic rings. The lowest BCUT2D eigenvalue weighted by atomic mass is 10.1. The van der Waals surface area contributed by atoms with Crippen molar-refractivity contribution in [2.75, 3.05) is 12.3 Å². The second kappa shape index (κ2) is 8.78. The number of imidazole rings is 1. The number of nitrogens with two attached hydrogens (primary N) is 1. The van der Waals surface area contributed by atoms with Gasteiger partial charge in [-0.3, -0.25) is 9.09 Å². The van der Waals surface area contributed by atoms with Gasteiger partial charge in [-0.2, -0.15) is 4.31 Å². The number of aromatic nitrogens is 4. The number of hydrogen-bond donors (Lipinski definition) is 7. The Morgan fingerprint density at radius 2 is 1.77 bits per heavy atom. The van der Waals surface area contributed by atoms with Crippen LogP contribution < -0.4 is 5.73 Å². The number of hydrogen-bond acceptors (Lipinski definition) is 13. The minimum Gasteiger partial charge on any atom is -0.387 e. The molecule has 17 nitrogen and oxygen atoms in total. The van der Waals surface area contributed by atoms with Crippen molar-refractivity contribution in [1.29, 1.82) is 0 Å². The average Bonchev–Trinajstić information content (AvgIpc) is 3.13. The van der Waals surface area contributed by atoms with Crippen LogP contribution >= 0.6 is 22.4 Å². The molecule has 21 heteroatoms. The largest absolute Gasteiger partial charge is 0.488 e. The van der Waals surface area contributed by atoms with E-state index in [-0.39, 0.29) is 17.0 Å². The first-order valence-corrected chi connectivity index (χ1v) is 13.5. The van der Waals surface area contributed by atoms with Gasteiger partial charge in [-0.05, 0) is 11.8 Å². The lowest BCUT2D eigenvalue weighted by molar-refractivity contribution is -0.0503. The van der Waals surface area contributed by atoms with E-state index in [2.05, 4.69) is 39.9 Å². The third-order valence-electron chi connectivity index (χ3n) is 3.82. The van der Waals surface area contributed by atoms with Crippen LogP contribution in [0.4, 0.5) is 5.82 Å². The SMILES string of the molecule is Nc1ncnc2c1ncn2[C@@H]1O[C@H](COP(=O)(O)OP(=O)(O)OP(O)(O)=[35S])[C@@H](O)[C@H]1O. The molecule has 0 saturated carbocycles. The van der Waals surface area contributed by atoms with Gasteiger partial charge in [-0.25, -0.2) is 28.4 Å². The van der Waals surface area contributed by atoms with E-state index in [1.807, 2.05) is 0 Å². The highest BCUT2D eigenvalue weighted by molar-refractivity contribution is 8.08. The van der Waals surface area contributed by atoms with Gasteiger partial charge in [0.2, 0.25) is 0 Å². The van der Waals surface area contributed by atoms with Crippen molar-refractivity contribution in [3.63, 3.8) is 0 Å². The maximum atomic E-state index is 11.9. The lowest BCUT2D eigenvalue weighted by Crippen LogP contribution is -2.33. The molecule has 31 heavy (non-hydrogen) atoms. The van der Waals surface area contributed by atoms with Crippen LogP contribution in [0.25, 0.3) is 11.2 Å². The normalized spacial score (nSPS) is 28.5. The molecule has 0 aromatic carbocycles. The minimum atomic E-state index is -5.49. The van der Waals surface area contributed by atoms with Crippen molar-refractivity contribution in [3.05, 3.63) is 12.7 Å². The molecule has 2 aromatic heterocycles. The van der Waals surface area contributed by atoms with Gasteiger partial charge in [-0.15, -0.1) is 0 Å². The number of rotatable bonds is 8. The number of nitrogen functional groups attached to an aromatic ring is 1. The van der Waals surface area contributed by atoms with Crippen LogP contribution in [0.1, 0.15) is 6.23 Å². The Balaban J connectivity index is 1.69. The van der Waals surface area contributed by atoms with E-state index >= 15 is 0 Å². The van der Waals surface area contributed by atoms with E-state index in [4.69, 9.17) is 20.3 Å². The molecule has 2 unspecified atom stereocenters. The number of anilines is 1. The van der Waals surface area contributed by atoms with Crippen molar-refractivity contribution in [3.8, 4) is 0 Å².